The first kappa shape index (κ1) is 17.4. The van der Waals surface area contributed by atoms with Crippen LogP contribution in [0.15, 0.2) is 35.6 Å². The molecule has 0 aromatic rings. The zero-order chi connectivity index (χ0) is 18.0. The van der Waals surface area contributed by atoms with Crippen LogP contribution in [0.2, 0.25) is 0 Å². The van der Waals surface area contributed by atoms with E-state index >= 15 is 0 Å². The summed E-state index contributed by atoms with van der Waals surface area (Å²) in [4.78, 5) is 0. The third kappa shape index (κ3) is 2.41. The lowest BCUT2D eigenvalue weighted by Crippen LogP contribution is -2.40. The zero-order valence-electron chi connectivity index (χ0n) is 16.9. The van der Waals surface area contributed by atoms with Crippen LogP contribution in [0.25, 0.3) is 0 Å². The van der Waals surface area contributed by atoms with Gasteiger partial charge in [0.1, 0.15) is 0 Å². The second kappa shape index (κ2) is 5.76. The molecule has 2 N–H and O–H groups in total. The molecule has 1 heteroatoms. The number of rotatable bonds is 1. The molecule has 0 amide bonds. The number of allylic oxidation sites excluding steroid dienone is 6. The first-order valence-electron chi connectivity index (χ1n) is 10.6. The molecule has 0 saturated heterocycles. The maximum Gasteiger partial charge on any atom is 0.00843 e. The summed E-state index contributed by atoms with van der Waals surface area (Å²) in [6, 6.07) is 0. The zero-order valence-corrected chi connectivity index (χ0v) is 16.9. The van der Waals surface area contributed by atoms with Crippen LogP contribution in [-0.2, 0) is 0 Å². The van der Waals surface area contributed by atoms with Gasteiger partial charge in [-0.05, 0) is 84.0 Å². The van der Waals surface area contributed by atoms with Crippen molar-refractivity contribution in [1.82, 2.24) is 0 Å². The van der Waals surface area contributed by atoms with Crippen LogP contribution in [0.4, 0.5) is 0 Å². The second-order valence-corrected chi connectivity index (χ2v) is 10.4. The normalized spacial score (nSPS) is 48.4. The van der Waals surface area contributed by atoms with Crippen molar-refractivity contribution < 1.29 is 0 Å². The monoisotopic (exact) mass is 339 g/mol. The summed E-state index contributed by atoms with van der Waals surface area (Å²) < 4.78 is 0. The quantitative estimate of drug-likeness (QED) is 0.575. The van der Waals surface area contributed by atoms with Crippen molar-refractivity contribution in [1.29, 1.82) is 0 Å². The Hall–Kier alpha value is -0.980. The van der Waals surface area contributed by atoms with Gasteiger partial charge in [0.15, 0.2) is 0 Å². The Balaban J connectivity index is 1.78. The van der Waals surface area contributed by atoms with Crippen molar-refractivity contribution in [3.05, 3.63) is 35.6 Å². The van der Waals surface area contributed by atoms with Gasteiger partial charge in [-0.3, -0.25) is 0 Å². The van der Waals surface area contributed by atoms with Gasteiger partial charge in [-0.15, -0.1) is 0 Å². The minimum Gasteiger partial charge on any atom is -0.402 e. The Morgan fingerprint density at radius 1 is 1.12 bits per heavy atom. The third-order valence-electron chi connectivity index (χ3n) is 8.64. The number of hydrogen-bond acceptors (Lipinski definition) is 1. The number of fused-ring (bicyclic) bond motifs is 3. The molecular weight excluding hydrogens is 302 g/mol. The Morgan fingerprint density at radius 3 is 2.56 bits per heavy atom. The van der Waals surface area contributed by atoms with Crippen molar-refractivity contribution in [3.63, 3.8) is 0 Å². The van der Waals surface area contributed by atoms with Crippen molar-refractivity contribution >= 4 is 0 Å². The summed E-state index contributed by atoms with van der Waals surface area (Å²) >= 11 is 0. The highest BCUT2D eigenvalue weighted by Gasteiger charge is 2.63. The molecule has 1 fully saturated rings. The maximum absolute atomic E-state index is 6.76. The minimum absolute atomic E-state index is 0.338. The molecule has 0 aromatic heterocycles. The Bertz CT molecular complexity index is 636. The van der Waals surface area contributed by atoms with E-state index < -0.39 is 0 Å². The van der Waals surface area contributed by atoms with E-state index in [1.54, 1.807) is 5.57 Å². The van der Waals surface area contributed by atoms with E-state index in [9.17, 15) is 0 Å². The highest BCUT2D eigenvalue weighted by atomic mass is 14.7. The standard InChI is InChI=1S/C24H37N/c1-15-11-12-24(5)20(13-15)23(3,4)18-14-19(25)21(16(2)22(18)24)17-9-7-6-8-10-17/h7,9,11-12,15-18,20,22H,6,8,10,13-14,25H2,1-5H3. The Morgan fingerprint density at radius 2 is 1.88 bits per heavy atom. The van der Waals surface area contributed by atoms with Crippen molar-refractivity contribution in [2.45, 2.75) is 66.7 Å². The maximum atomic E-state index is 6.76. The van der Waals surface area contributed by atoms with E-state index in [2.05, 4.69) is 58.9 Å². The molecule has 1 saturated carbocycles. The van der Waals surface area contributed by atoms with Crippen LogP contribution >= 0.6 is 0 Å². The van der Waals surface area contributed by atoms with Crippen LogP contribution in [-0.4, -0.2) is 0 Å². The fourth-order valence-electron chi connectivity index (χ4n) is 7.56. The van der Waals surface area contributed by atoms with Crippen molar-refractivity contribution in [2.75, 3.05) is 0 Å². The summed E-state index contributed by atoms with van der Waals surface area (Å²) in [6.07, 6.45) is 16.3. The first-order chi connectivity index (χ1) is 11.8. The molecule has 0 aromatic carbocycles. The predicted molar refractivity (Wildman–Crippen MR) is 107 cm³/mol. The fraction of sp³-hybridized carbons (Fsp3) is 0.750. The molecule has 0 radical (unpaired) electrons. The number of hydrogen-bond donors (Lipinski definition) is 1. The molecular formula is C24H37N. The summed E-state index contributed by atoms with van der Waals surface area (Å²) in [5.41, 5.74) is 10.3. The van der Waals surface area contributed by atoms with Crippen molar-refractivity contribution in [3.8, 4) is 0 Å². The minimum atomic E-state index is 0.338. The van der Waals surface area contributed by atoms with Gasteiger partial charge < -0.3 is 5.73 Å². The van der Waals surface area contributed by atoms with Gasteiger partial charge >= 0.3 is 0 Å². The van der Waals surface area contributed by atoms with Gasteiger partial charge in [-0.25, -0.2) is 0 Å². The van der Waals surface area contributed by atoms with E-state index in [-0.39, 0.29) is 0 Å². The predicted octanol–water partition coefficient (Wildman–Crippen LogP) is 6.09. The van der Waals surface area contributed by atoms with Gasteiger partial charge in [0.25, 0.3) is 0 Å². The third-order valence-corrected chi connectivity index (χ3v) is 8.64. The first-order valence-corrected chi connectivity index (χ1v) is 10.6. The fourth-order valence-corrected chi connectivity index (χ4v) is 7.56. The molecule has 0 aliphatic heterocycles. The molecule has 0 bridgehead atoms. The van der Waals surface area contributed by atoms with E-state index in [4.69, 9.17) is 5.73 Å². The Labute approximate surface area is 154 Å². The molecule has 25 heavy (non-hydrogen) atoms. The van der Waals surface area contributed by atoms with Gasteiger partial charge in [0.2, 0.25) is 0 Å². The average molecular weight is 340 g/mol. The van der Waals surface area contributed by atoms with Gasteiger partial charge in [-0.1, -0.05) is 58.9 Å². The second-order valence-electron chi connectivity index (χ2n) is 10.4. The molecule has 1 nitrogen and oxygen atoms in total. The molecule has 4 aliphatic rings. The highest BCUT2D eigenvalue weighted by molar-refractivity contribution is 5.33. The summed E-state index contributed by atoms with van der Waals surface area (Å²) in [5, 5.41) is 0. The summed E-state index contributed by atoms with van der Waals surface area (Å²) in [5.74, 6) is 4.18. The van der Waals surface area contributed by atoms with Crippen LogP contribution in [0.1, 0.15) is 66.7 Å². The lowest BCUT2D eigenvalue weighted by atomic mass is 9.59. The van der Waals surface area contributed by atoms with Gasteiger partial charge in [-0.2, -0.15) is 0 Å². The van der Waals surface area contributed by atoms with Crippen LogP contribution < -0.4 is 5.73 Å². The molecule has 7 unspecified atom stereocenters. The van der Waals surface area contributed by atoms with Crippen LogP contribution in [0, 0.1) is 46.3 Å². The van der Waals surface area contributed by atoms with E-state index in [0.29, 0.717) is 22.7 Å². The van der Waals surface area contributed by atoms with Gasteiger partial charge in [0, 0.05) is 5.70 Å². The molecule has 0 heterocycles. The topological polar surface area (TPSA) is 26.0 Å². The van der Waals surface area contributed by atoms with Crippen LogP contribution in [0.3, 0.4) is 0 Å². The lowest BCUT2D eigenvalue weighted by Gasteiger charge is -2.46. The Kier molecular flexibility index (Phi) is 4.02. The SMILES string of the molecule is CC1C=CC2(C)C3C(C)C(C4C=CCCC4)=C(N)CC3C(C)(C)C2C1. The van der Waals surface area contributed by atoms with Gasteiger partial charge in [0.05, 0.1) is 0 Å². The van der Waals surface area contributed by atoms with E-state index in [1.807, 2.05) is 0 Å². The van der Waals surface area contributed by atoms with E-state index in [0.717, 1.165) is 30.1 Å². The average Bonchev–Trinajstić information content (AvgIpc) is 2.73. The largest absolute Gasteiger partial charge is 0.402 e. The molecule has 4 rings (SSSR count). The van der Waals surface area contributed by atoms with E-state index in [1.165, 1.54) is 31.4 Å². The summed E-state index contributed by atoms with van der Waals surface area (Å²) in [6.45, 7) is 12.5. The van der Waals surface area contributed by atoms with Crippen LogP contribution in [0.5, 0.6) is 0 Å². The molecule has 7 atom stereocenters. The molecule has 138 valence electrons. The highest BCUT2D eigenvalue weighted by Crippen LogP contribution is 2.69. The summed E-state index contributed by atoms with van der Waals surface area (Å²) in [7, 11) is 0. The lowest BCUT2D eigenvalue weighted by molar-refractivity contribution is 0.117. The smallest absolute Gasteiger partial charge is 0.00843 e. The molecule has 0 spiro atoms. The number of nitrogens with two attached hydrogens (primary N) is 1. The van der Waals surface area contributed by atoms with Crippen molar-refractivity contribution in [2.24, 2.45) is 52.1 Å². The molecule has 4 aliphatic carbocycles.